The molecule has 1 aliphatic carbocycles. The zero-order valence-electron chi connectivity index (χ0n) is 9.18. The molecule has 2 atom stereocenters. The largest absolute Gasteiger partial charge is 0.391 e. The molecule has 0 aromatic carbocycles. The topological polar surface area (TPSA) is 49.3 Å². The highest BCUT2D eigenvalue weighted by Crippen LogP contribution is 2.63. The fourth-order valence-corrected chi connectivity index (χ4v) is 1.98. The zero-order chi connectivity index (χ0) is 11.9. The SMILES string of the molecule is CC(C)C(O)CNC(=O)C1(C)CC1(Cl)Cl. The first-order valence-corrected chi connectivity index (χ1v) is 5.80. The predicted molar refractivity (Wildman–Crippen MR) is 61.0 cm³/mol. The van der Waals surface area contributed by atoms with Gasteiger partial charge in [0.25, 0.3) is 0 Å². The maximum Gasteiger partial charge on any atom is 0.229 e. The number of rotatable bonds is 4. The summed E-state index contributed by atoms with van der Waals surface area (Å²) in [6.07, 6.45) is -0.0662. The standard InChI is InChI=1S/C10H17Cl2NO2/c1-6(2)7(14)4-13-8(15)9(3)5-10(9,11)12/h6-7,14H,4-5H2,1-3H3,(H,13,15). The number of carbonyl (C=O) groups excluding carboxylic acids is 1. The summed E-state index contributed by atoms with van der Waals surface area (Å²) in [6.45, 7) is 5.76. The van der Waals surface area contributed by atoms with E-state index >= 15 is 0 Å². The lowest BCUT2D eigenvalue weighted by Crippen LogP contribution is -2.39. The average molecular weight is 254 g/mol. The minimum Gasteiger partial charge on any atom is -0.391 e. The number of alkyl halides is 2. The number of hydrogen-bond donors (Lipinski definition) is 2. The van der Waals surface area contributed by atoms with Crippen LogP contribution in [0.2, 0.25) is 0 Å². The number of carbonyl (C=O) groups is 1. The van der Waals surface area contributed by atoms with E-state index in [0.717, 1.165) is 0 Å². The van der Waals surface area contributed by atoms with Gasteiger partial charge < -0.3 is 10.4 Å². The van der Waals surface area contributed by atoms with Gasteiger partial charge in [0.1, 0.15) is 4.33 Å². The van der Waals surface area contributed by atoms with Crippen LogP contribution in [0.15, 0.2) is 0 Å². The van der Waals surface area contributed by atoms with Gasteiger partial charge in [-0.15, -0.1) is 23.2 Å². The van der Waals surface area contributed by atoms with Crippen LogP contribution in [0.25, 0.3) is 0 Å². The fraction of sp³-hybridized carbons (Fsp3) is 0.900. The first-order chi connectivity index (χ1) is 6.71. The van der Waals surface area contributed by atoms with Crippen LogP contribution in [-0.2, 0) is 4.79 Å². The van der Waals surface area contributed by atoms with Crippen molar-refractivity contribution in [3.63, 3.8) is 0 Å². The molecule has 0 spiro atoms. The Kier molecular flexibility index (Phi) is 3.59. The first-order valence-electron chi connectivity index (χ1n) is 5.05. The monoisotopic (exact) mass is 253 g/mol. The molecule has 0 saturated heterocycles. The molecule has 1 saturated carbocycles. The quantitative estimate of drug-likeness (QED) is 0.750. The lowest BCUT2D eigenvalue weighted by atomic mass is 10.1. The second kappa shape index (κ2) is 4.11. The van der Waals surface area contributed by atoms with Gasteiger partial charge in [-0.1, -0.05) is 13.8 Å². The van der Waals surface area contributed by atoms with Crippen molar-refractivity contribution in [1.29, 1.82) is 0 Å². The van der Waals surface area contributed by atoms with Gasteiger partial charge in [0.2, 0.25) is 5.91 Å². The molecule has 0 aliphatic heterocycles. The van der Waals surface area contributed by atoms with Crippen molar-refractivity contribution >= 4 is 29.1 Å². The summed E-state index contributed by atoms with van der Waals surface area (Å²) in [4.78, 5) is 11.7. The molecule has 0 heterocycles. The van der Waals surface area contributed by atoms with E-state index in [2.05, 4.69) is 5.32 Å². The minimum absolute atomic E-state index is 0.120. The van der Waals surface area contributed by atoms with E-state index in [9.17, 15) is 9.90 Å². The van der Waals surface area contributed by atoms with Crippen LogP contribution in [0.4, 0.5) is 0 Å². The Morgan fingerprint density at radius 3 is 2.33 bits per heavy atom. The van der Waals surface area contributed by atoms with Crippen molar-refractivity contribution in [2.45, 2.75) is 37.6 Å². The Bertz CT molecular complexity index is 268. The molecule has 88 valence electrons. The van der Waals surface area contributed by atoms with Crippen molar-refractivity contribution < 1.29 is 9.90 Å². The zero-order valence-corrected chi connectivity index (χ0v) is 10.7. The van der Waals surface area contributed by atoms with E-state index in [1.165, 1.54) is 0 Å². The lowest BCUT2D eigenvalue weighted by molar-refractivity contribution is -0.126. The molecule has 15 heavy (non-hydrogen) atoms. The summed E-state index contributed by atoms with van der Waals surface area (Å²) < 4.78 is -0.945. The number of hydrogen-bond acceptors (Lipinski definition) is 2. The van der Waals surface area contributed by atoms with Crippen molar-refractivity contribution in [2.24, 2.45) is 11.3 Å². The molecule has 1 amide bonds. The number of nitrogens with one attached hydrogen (secondary N) is 1. The van der Waals surface area contributed by atoms with E-state index in [1.54, 1.807) is 6.92 Å². The maximum absolute atomic E-state index is 11.7. The molecule has 1 rings (SSSR count). The van der Waals surface area contributed by atoms with Gasteiger partial charge in [-0.2, -0.15) is 0 Å². The second-order valence-corrected chi connectivity index (χ2v) is 6.22. The minimum atomic E-state index is -0.945. The molecule has 0 aromatic heterocycles. The van der Waals surface area contributed by atoms with E-state index in [-0.39, 0.29) is 18.4 Å². The summed E-state index contributed by atoms with van der Waals surface area (Å²) in [7, 11) is 0. The molecule has 0 aromatic rings. The van der Waals surface area contributed by atoms with Crippen LogP contribution in [0, 0.1) is 11.3 Å². The number of amides is 1. The third kappa shape index (κ3) is 2.58. The van der Waals surface area contributed by atoms with Gasteiger partial charge in [-0.25, -0.2) is 0 Å². The molecule has 5 heteroatoms. The summed E-state index contributed by atoms with van der Waals surface area (Å²) in [5.74, 6) is -0.0683. The van der Waals surface area contributed by atoms with Crippen LogP contribution >= 0.6 is 23.2 Å². The van der Waals surface area contributed by atoms with Gasteiger partial charge in [0, 0.05) is 6.54 Å². The van der Waals surface area contributed by atoms with E-state index in [0.29, 0.717) is 6.42 Å². The van der Waals surface area contributed by atoms with E-state index in [4.69, 9.17) is 23.2 Å². The van der Waals surface area contributed by atoms with Crippen molar-refractivity contribution in [2.75, 3.05) is 6.54 Å². The molecular weight excluding hydrogens is 237 g/mol. The predicted octanol–water partition coefficient (Wildman–Crippen LogP) is 1.70. The Morgan fingerprint density at radius 1 is 1.53 bits per heavy atom. The Balaban J connectivity index is 2.39. The average Bonchev–Trinajstić information content (AvgIpc) is 2.62. The number of halogens is 2. The smallest absolute Gasteiger partial charge is 0.229 e. The van der Waals surface area contributed by atoms with E-state index < -0.39 is 15.9 Å². The van der Waals surface area contributed by atoms with Crippen molar-refractivity contribution in [3.05, 3.63) is 0 Å². The van der Waals surface area contributed by atoms with Gasteiger partial charge in [0.05, 0.1) is 11.5 Å². The summed E-state index contributed by atoms with van der Waals surface area (Å²) in [5.41, 5.74) is -0.702. The van der Waals surface area contributed by atoms with Crippen LogP contribution in [-0.4, -0.2) is 28.0 Å². The van der Waals surface area contributed by atoms with E-state index in [1.807, 2.05) is 13.8 Å². The molecule has 0 bridgehead atoms. The van der Waals surface area contributed by atoms with Gasteiger partial charge in [-0.3, -0.25) is 4.79 Å². The summed E-state index contributed by atoms with van der Waals surface area (Å²) >= 11 is 11.7. The fourth-order valence-electron chi connectivity index (χ4n) is 1.27. The number of aliphatic hydroxyl groups excluding tert-OH is 1. The molecule has 2 unspecified atom stereocenters. The van der Waals surface area contributed by atoms with Crippen LogP contribution in [0.3, 0.4) is 0 Å². The maximum atomic E-state index is 11.7. The lowest BCUT2D eigenvalue weighted by Gasteiger charge is -2.17. The third-order valence-corrected chi connectivity index (χ3v) is 4.10. The summed E-state index contributed by atoms with van der Waals surface area (Å²) in [6, 6.07) is 0. The second-order valence-electron chi connectivity index (χ2n) is 4.73. The highest BCUT2D eigenvalue weighted by molar-refractivity contribution is 6.53. The molecule has 3 nitrogen and oxygen atoms in total. The highest BCUT2D eigenvalue weighted by atomic mass is 35.5. The molecule has 0 radical (unpaired) electrons. The normalized spacial score (nSPS) is 30.1. The van der Waals surface area contributed by atoms with Crippen LogP contribution < -0.4 is 5.32 Å². The van der Waals surface area contributed by atoms with Crippen LogP contribution in [0.1, 0.15) is 27.2 Å². The highest BCUT2D eigenvalue weighted by Gasteiger charge is 2.67. The van der Waals surface area contributed by atoms with Gasteiger partial charge >= 0.3 is 0 Å². The Labute approximate surface area is 100 Å². The molecule has 1 aliphatic rings. The van der Waals surface area contributed by atoms with Crippen molar-refractivity contribution in [1.82, 2.24) is 5.32 Å². The third-order valence-electron chi connectivity index (χ3n) is 3.00. The van der Waals surface area contributed by atoms with Crippen molar-refractivity contribution in [3.8, 4) is 0 Å². The van der Waals surface area contributed by atoms with Gasteiger partial charge in [-0.05, 0) is 19.3 Å². The number of aliphatic hydroxyl groups is 1. The Morgan fingerprint density at radius 2 is 2.00 bits per heavy atom. The first kappa shape index (κ1) is 13.1. The molecular formula is C10H17Cl2NO2. The van der Waals surface area contributed by atoms with Crippen LogP contribution in [0.5, 0.6) is 0 Å². The molecule has 1 fully saturated rings. The Hall–Kier alpha value is 0.01000. The molecule has 2 N–H and O–H groups in total. The summed E-state index contributed by atoms with van der Waals surface area (Å²) in [5, 5.41) is 12.2. The van der Waals surface area contributed by atoms with Gasteiger partial charge in [0.15, 0.2) is 0 Å².